The minimum absolute atomic E-state index is 0.0997. The van der Waals surface area contributed by atoms with Gasteiger partial charge >= 0.3 is 0 Å². The summed E-state index contributed by atoms with van der Waals surface area (Å²) in [6, 6.07) is 12.1. The molecular weight excluding hydrogens is 499 g/mol. The second-order valence-electron chi connectivity index (χ2n) is 9.15. The first-order valence-electron chi connectivity index (χ1n) is 12.7. The minimum atomic E-state index is -0.575. The summed E-state index contributed by atoms with van der Waals surface area (Å²) in [5.74, 6) is 1.26. The molecule has 1 aliphatic rings. The molecule has 1 aliphatic carbocycles. The molecule has 0 heterocycles. The molecule has 196 valence electrons. The van der Waals surface area contributed by atoms with Crippen LogP contribution in [0.4, 0.5) is 0 Å². The largest absolute Gasteiger partial charge is 0.497 e. The van der Waals surface area contributed by atoms with Crippen LogP contribution in [0.1, 0.15) is 63.9 Å². The van der Waals surface area contributed by atoms with Gasteiger partial charge in [-0.15, -0.1) is 0 Å². The number of nitrogens with zero attached hydrogens (tertiary/aromatic N) is 1. The summed E-state index contributed by atoms with van der Waals surface area (Å²) >= 11 is 12.5. The van der Waals surface area contributed by atoms with Crippen molar-refractivity contribution in [2.75, 3.05) is 13.7 Å². The molecule has 3 rings (SSSR count). The van der Waals surface area contributed by atoms with E-state index in [1.165, 1.54) is 6.42 Å². The summed E-state index contributed by atoms with van der Waals surface area (Å²) < 4.78 is 10.9. The number of rotatable bonds is 12. The molecule has 0 radical (unpaired) electrons. The topological polar surface area (TPSA) is 67.9 Å². The molecule has 0 saturated heterocycles. The van der Waals surface area contributed by atoms with Crippen LogP contribution in [0.25, 0.3) is 0 Å². The molecule has 2 aromatic carbocycles. The zero-order valence-corrected chi connectivity index (χ0v) is 22.6. The van der Waals surface area contributed by atoms with Crippen LogP contribution in [-0.2, 0) is 16.1 Å². The Kier molecular flexibility index (Phi) is 11.2. The number of ether oxygens (including phenoxy) is 2. The quantitative estimate of drug-likeness (QED) is 0.319. The van der Waals surface area contributed by atoms with Gasteiger partial charge in [0, 0.05) is 29.1 Å². The first-order chi connectivity index (χ1) is 17.4. The fourth-order valence-electron chi connectivity index (χ4n) is 4.53. The van der Waals surface area contributed by atoms with Crippen molar-refractivity contribution >= 4 is 35.0 Å². The predicted octanol–water partition coefficient (Wildman–Crippen LogP) is 6.42. The maximum absolute atomic E-state index is 13.4. The summed E-state index contributed by atoms with van der Waals surface area (Å²) in [6.07, 6.45) is 6.73. The van der Waals surface area contributed by atoms with E-state index >= 15 is 0 Å². The van der Waals surface area contributed by atoms with Crippen molar-refractivity contribution in [1.29, 1.82) is 0 Å². The number of benzene rings is 2. The summed E-state index contributed by atoms with van der Waals surface area (Å²) in [6.45, 7) is 2.56. The average Bonchev–Trinajstić information content (AvgIpc) is 2.88. The highest BCUT2D eigenvalue weighted by atomic mass is 35.5. The predicted molar refractivity (Wildman–Crippen MR) is 144 cm³/mol. The minimum Gasteiger partial charge on any atom is -0.497 e. The summed E-state index contributed by atoms with van der Waals surface area (Å²) in [7, 11) is 1.61. The molecule has 0 aromatic heterocycles. The van der Waals surface area contributed by atoms with Crippen molar-refractivity contribution in [1.82, 2.24) is 10.2 Å². The third-order valence-corrected chi connectivity index (χ3v) is 7.14. The maximum Gasteiger partial charge on any atom is 0.243 e. The van der Waals surface area contributed by atoms with Gasteiger partial charge in [-0.2, -0.15) is 0 Å². The van der Waals surface area contributed by atoms with Crippen molar-refractivity contribution < 1.29 is 19.1 Å². The monoisotopic (exact) mass is 534 g/mol. The lowest BCUT2D eigenvalue weighted by Gasteiger charge is -2.33. The van der Waals surface area contributed by atoms with Gasteiger partial charge in [-0.05, 0) is 67.6 Å². The van der Waals surface area contributed by atoms with Gasteiger partial charge in [0.05, 0.1) is 13.7 Å². The molecule has 0 unspecified atom stereocenters. The van der Waals surface area contributed by atoms with Crippen LogP contribution in [0.2, 0.25) is 10.0 Å². The van der Waals surface area contributed by atoms with Gasteiger partial charge in [-0.3, -0.25) is 9.59 Å². The fourth-order valence-corrected chi connectivity index (χ4v) is 4.99. The number of halogens is 2. The lowest BCUT2D eigenvalue weighted by atomic mass is 9.95. The Bertz CT molecular complexity index is 994. The molecule has 8 heteroatoms. The van der Waals surface area contributed by atoms with E-state index in [2.05, 4.69) is 5.32 Å². The standard InChI is InChI=1S/C28H36Cl2N2O4/c1-3-26(28(34)31-22-8-5-4-6-9-22)32(19-20-11-12-21(29)18-25(20)30)27(33)10-7-17-36-24-15-13-23(35-2)14-16-24/h11-16,18,22,26H,3-10,17,19H2,1-2H3,(H,31,34)/t26-/m0/s1. The molecule has 0 bridgehead atoms. The summed E-state index contributed by atoms with van der Waals surface area (Å²) in [5, 5.41) is 4.20. The van der Waals surface area contributed by atoms with Gasteiger partial charge in [0.15, 0.2) is 0 Å². The second kappa shape index (κ2) is 14.3. The van der Waals surface area contributed by atoms with Crippen molar-refractivity contribution in [3.05, 3.63) is 58.1 Å². The van der Waals surface area contributed by atoms with E-state index in [0.29, 0.717) is 35.2 Å². The number of carbonyl (C=O) groups excluding carboxylic acids is 2. The first-order valence-corrected chi connectivity index (χ1v) is 13.5. The Balaban J connectivity index is 1.66. The Morgan fingerprint density at radius 1 is 1.06 bits per heavy atom. The van der Waals surface area contributed by atoms with E-state index in [9.17, 15) is 9.59 Å². The Labute approximate surface area is 224 Å². The first kappa shape index (κ1) is 28.1. The number of amides is 2. The van der Waals surface area contributed by atoms with Gasteiger partial charge in [0.2, 0.25) is 11.8 Å². The second-order valence-corrected chi connectivity index (χ2v) is 10.00. The molecule has 0 spiro atoms. The maximum atomic E-state index is 13.4. The number of carbonyl (C=O) groups is 2. The van der Waals surface area contributed by atoms with Crippen LogP contribution in [-0.4, -0.2) is 42.5 Å². The smallest absolute Gasteiger partial charge is 0.243 e. The number of hydrogen-bond acceptors (Lipinski definition) is 4. The van der Waals surface area contributed by atoms with Gasteiger partial charge in [-0.1, -0.05) is 55.5 Å². The molecule has 2 amide bonds. The van der Waals surface area contributed by atoms with Gasteiger partial charge in [0.1, 0.15) is 17.5 Å². The molecule has 1 atom stereocenters. The van der Waals surface area contributed by atoms with Gasteiger partial charge in [-0.25, -0.2) is 0 Å². The average molecular weight is 536 g/mol. The Morgan fingerprint density at radius 2 is 1.75 bits per heavy atom. The van der Waals surface area contributed by atoms with Crippen molar-refractivity contribution in [3.63, 3.8) is 0 Å². The van der Waals surface area contributed by atoms with Crippen LogP contribution < -0.4 is 14.8 Å². The van der Waals surface area contributed by atoms with Crippen LogP contribution >= 0.6 is 23.2 Å². The molecule has 1 saturated carbocycles. The molecule has 1 fully saturated rings. The SMILES string of the molecule is CC[C@@H](C(=O)NC1CCCCC1)N(Cc1ccc(Cl)cc1Cl)C(=O)CCCOc1ccc(OC)cc1. The van der Waals surface area contributed by atoms with E-state index in [4.69, 9.17) is 32.7 Å². The number of nitrogens with one attached hydrogen (secondary N) is 1. The van der Waals surface area contributed by atoms with Crippen molar-refractivity contribution in [2.24, 2.45) is 0 Å². The van der Waals surface area contributed by atoms with Crippen molar-refractivity contribution in [2.45, 2.75) is 76.9 Å². The van der Waals surface area contributed by atoms with Crippen LogP contribution in [0.3, 0.4) is 0 Å². The van der Waals surface area contributed by atoms with Gasteiger partial charge < -0.3 is 19.7 Å². The normalized spacial score (nSPS) is 14.7. The zero-order chi connectivity index (χ0) is 25.9. The highest BCUT2D eigenvalue weighted by Crippen LogP contribution is 2.25. The van der Waals surface area contributed by atoms with E-state index < -0.39 is 6.04 Å². The number of methoxy groups -OCH3 is 1. The molecule has 0 aliphatic heterocycles. The highest BCUT2D eigenvalue weighted by molar-refractivity contribution is 6.35. The lowest BCUT2D eigenvalue weighted by Crippen LogP contribution is -2.51. The third kappa shape index (κ3) is 8.31. The zero-order valence-electron chi connectivity index (χ0n) is 21.1. The van der Waals surface area contributed by atoms with Crippen LogP contribution in [0.5, 0.6) is 11.5 Å². The van der Waals surface area contributed by atoms with E-state index in [0.717, 1.165) is 37.0 Å². The van der Waals surface area contributed by atoms with Crippen molar-refractivity contribution in [3.8, 4) is 11.5 Å². The Morgan fingerprint density at radius 3 is 2.39 bits per heavy atom. The fraction of sp³-hybridized carbons (Fsp3) is 0.500. The molecule has 6 nitrogen and oxygen atoms in total. The van der Waals surface area contributed by atoms with Crippen LogP contribution in [0, 0.1) is 0 Å². The molecule has 2 aromatic rings. The molecule has 36 heavy (non-hydrogen) atoms. The highest BCUT2D eigenvalue weighted by Gasteiger charge is 2.30. The summed E-state index contributed by atoms with van der Waals surface area (Å²) in [5.41, 5.74) is 0.757. The summed E-state index contributed by atoms with van der Waals surface area (Å²) in [4.78, 5) is 28.4. The number of hydrogen-bond donors (Lipinski definition) is 1. The van der Waals surface area contributed by atoms with E-state index in [1.807, 2.05) is 37.3 Å². The lowest BCUT2D eigenvalue weighted by molar-refractivity contribution is -0.142. The molecular formula is C28H36Cl2N2O4. The van der Waals surface area contributed by atoms with Gasteiger partial charge in [0.25, 0.3) is 0 Å². The third-order valence-electron chi connectivity index (χ3n) is 6.56. The van der Waals surface area contributed by atoms with E-state index in [-0.39, 0.29) is 30.8 Å². The van der Waals surface area contributed by atoms with Crippen LogP contribution in [0.15, 0.2) is 42.5 Å². The molecule has 1 N–H and O–H groups in total. The van der Waals surface area contributed by atoms with E-state index in [1.54, 1.807) is 24.1 Å². The Hall–Kier alpha value is -2.44.